The number of hydrogen-bond acceptors (Lipinski definition) is 5. The van der Waals surface area contributed by atoms with Crippen LogP contribution in [0.5, 0.6) is 5.75 Å². The van der Waals surface area contributed by atoms with E-state index in [1.54, 1.807) is 0 Å². The lowest BCUT2D eigenvalue weighted by atomic mass is 10.1. The fourth-order valence-electron chi connectivity index (χ4n) is 1.85. The lowest BCUT2D eigenvalue weighted by molar-refractivity contribution is -0.139. The number of carboxylic acids is 1. The van der Waals surface area contributed by atoms with Gasteiger partial charge in [-0.2, -0.15) is 4.72 Å². The summed E-state index contributed by atoms with van der Waals surface area (Å²) >= 11 is 5.81. The standard InChI is InChI=1S/C14H19ClN2O6S/c1-2-3-4-10(14(19)20)17-24(21,22)12-7-9(15)5-6-11(12)23-8-13(16)18/h5-7,10,17H,2-4,8H2,1H3,(H2,16,18)(H,19,20)/t10-/m0/s1. The minimum Gasteiger partial charge on any atom is -0.482 e. The SMILES string of the molecule is CCCC[C@H](NS(=O)(=O)c1cc(Cl)ccc1OCC(N)=O)C(=O)O. The Morgan fingerprint density at radius 3 is 2.62 bits per heavy atom. The van der Waals surface area contributed by atoms with Gasteiger partial charge < -0.3 is 15.6 Å². The highest BCUT2D eigenvalue weighted by atomic mass is 35.5. The third-order valence-corrected chi connectivity index (χ3v) is 4.74. The Morgan fingerprint density at radius 1 is 1.42 bits per heavy atom. The van der Waals surface area contributed by atoms with Gasteiger partial charge in [0.2, 0.25) is 10.0 Å². The number of carboxylic acid groups (broad SMARTS) is 1. The van der Waals surface area contributed by atoms with Crippen LogP contribution in [-0.4, -0.2) is 38.0 Å². The van der Waals surface area contributed by atoms with Crippen molar-refractivity contribution in [3.63, 3.8) is 0 Å². The third-order valence-electron chi connectivity index (χ3n) is 3.01. The molecule has 0 aliphatic rings. The van der Waals surface area contributed by atoms with Crippen molar-refractivity contribution in [2.24, 2.45) is 5.73 Å². The molecule has 0 aliphatic heterocycles. The molecule has 0 fully saturated rings. The predicted octanol–water partition coefficient (Wildman–Crippen LogP) is 1.13. The lowest BCUT2D eigenvalue weighted by Gasteiger charge is -2.16. The zero-order chi connectivity index (χ0) is 18.3. The number of rotatable bonds is 10. The number of carbonyl (C=O) groups is 2. The van der Waals surface area contributed by atoms with E-state index in [0.717, 1.165) is 12.5 Å². The summed E-state index contributed by atoms with van der Waals surface area (Å²) in [7, 11) is -4.23. The van der Waals surface area contributed by atoms with Crippen molar-refractivity contribution < 1.29 is 27.9 Å². The summed E-state index contributed by atoms with van der Waals surface area (Å²) in [6.07, 6.45) is 1.40. The van der Waals surface area contributed by atoms with Crippen LogP contribution in [0.25, 0.3) is 0 Å². The molecule has 0 aromatic heterocycles. The second-order valence-corrected chi connectivity index (χ2v) is 7.12. The quantitative estimate of drug-likeness (QED) is 0.558. The smallest absolute Gasteiger partial charge is 0.321 e. The van der Waals surface area contributed by atoms with E-state index in [9.17, 15) is 18.0 Å². The van der Waals surface area contributed by atoms with Gasteiger partial charge in [0, 0.05) is 5.02 Å². The van der Waals surface area contributed by atoms with Gasteiger partial charge >= 0.3 is 5.97 Å². The molecule has 1 atom stereocenters. The number of amides is 1. The molecule has 134 valence electrons. The van der Waals surface area contributed by atoms with Crippen LogP contribution >= 0.6 is 11.6 Å². The van der Waals surface area contributed by atoms with Gasteiger partial charge in [-0.3, -0.25) is 9.59 Å². The van der Waals surface area contributed by atoms with E-state index in [0.29, 0.717) is 6.42 Å². The number of carbonyl (C=O) groups excluding carboxylic acids is 1. The molecule has 0 spiro atoms. The lowest BCUT2D eigenvalue weighted by Crippen LogP contribution is -2.40. The maximum atomic E-state index is 12.5. The molecule has 8 nitrogen and oxygen atoms in total. The second kappa shape index (κ2) is 8.86. The molecule has 1 amide bonds. The third kappa shape index (κ3) is 5.99. The molecule has 0 unspecified atom stereocenters. The Bertz CT molecular complexity index is 707. The highest BCUT2D eigenvalue weighted by molar-refractivity contribution is 7.89. The van der Waals surface area contributed by atoms with E-state index in [2.05, 4.69) is 4.72 Å². The number of nitrogens with one attached hydrogen (secondary N) is 1. The average Bonchev–Trinajstić information content (AvgIpc) is 2.49. The molecule has 1 aromatic rings. The minimum absolute atomic E-state index is 0.113. The van der Waals surface area contributed by atoms with E-state index in [-0.39, 0.29) is 22.1 Å². The fraction of sp³-hybridized carbons (Fsp3) is 0.429. The van der Waals surface area contributed by atoms with Gasteiger partial charge in [0.25, 0.3) is 5.91 Å². The summed E-state index contributed by atoms with van der Waals surface area (Å²) in [6.45, 7) is 1.34. The Hall–Kier alpha value is -1.84. The van der Waals surface area contributed by atoms with Crippen LogP contribution < -0.4 is 15.2 Å². The predicted molar refractivity (Wildman–Crippen MR) is 87.4 cm³/mol. The normalized spacial score (nSPS) is 12.6. The summed E-state index contributed by atoms with van der Waals surface area (Å²) < 4.78 is 32.2. The second-order valence-electron chi connectivity index (χ2n) is 5.00. The first-order valence-corrected chi connectivity index (χ1v) is 8.99. The average molecular weight is 379 g/mol. The van der Waals surface area contributed by atoms with Crippen LogP contribution in [0.2, 0.25) is 5.02 Å². The molecule has 10 heteroatoms. The van der Waals surface area contributed by atoms with Crippen molar-refractivity contribution >= 4 is 33.5 Å². The van der Waals surface area contributed by atoms with Crippen molar-refractivity contribution in [1.29, 1.82) is 0 Å². The van der Waals surface area contributed by atoms with Gasteiger partial charge in [0.15, 0.2) is 6.61 Å². The van der Waals surface area contributed by atoms with Crippen LogP contribution in [0.3, 0.4) is 0 Å². The van der Waals surface area contributed by atoms with Crippen LogP contribution in [0.4, 0.5) is 0 Å². The number of aliphatic carboxylic acids is 1. The van der Waals surface area contributed by atoms with E-state index in [1.807, 2.05) is 6.92 Å². The summed E-state index contributed by atoms with van der Waals surface area (Å²) in [5, 5.41) is 9.28. The highest BCUT2D eigenvalue weighted by Crippen LogP contribution is 2.27. The number of nitrogens with two attached hydrogens (primary N) is 1. The molecule has 24 heavy (non-hydrogen) atoms. The number of ether oxygens (including phenoxy) is 1. The molecule has 0 radical (unpaired) electrons. The first-order chi connectivity index (χ1) is 11.2. The molecule has 1 aromatic carbocycles. The molecule has 1 rings (SSSR count). The molecule has 0 saturated heterocycles. The van der Waals surface area contributed by atoms with Crippen molar-refractivity contribution in [2.45, 2.75) is 37.1 Å². The van der Waals surface area contributed by atoms with Crippen LogP contribution in [0.1, 0.15) is 26.2 Å². The van der Waals surface area contributed by atoms with Gasteiger partial charge in [0.1, 0.15) is 16.7 Å². The van der Waals surface area contributed by atoms with Gasteiger partial charge in [-0.1, -0.05) is 31.4 Å². The van der Waals surface area contributed by atoms with Crippen molar-refractivity contribution in [3.05, 3.63) is 23.2 Å². The zero-order valence-electron chi connectivity index (χ0n) is 13.0. The number of primary amides is 1. The van der Waals surface area contributed by atoms with Gasteiger partial charge in [-0.05, 0) is 24.6 Å². The van der Waals surface area contributed by atoms with Crippen LogP contribution in [0.15, 0.2) is 23.1 Å². The number of unbranched alkanes of at least 4 members (excludes halogenated alkanes) is 1. The molecule has 0 aliphatic carbocycles. The van der Waals surface area contributed by atoms with Crippen molar-refractivity contribution in [2.75, 3.05) is 6.61 Å². The molecular weight excluding hydrogens is 360 g/mol. The molecule has 0 heterocycles. The monoisotopic (exact) mass is 378 g/mol. The molecular formula is C14H19ClN2O6S. The van der Waals surface area contributed by atoms with E-state index in [4.69, 9.17) is 27.2 Å². The number of hydrogen-bond donors (Lipinski definition) is 3. The fourth-order valence-corrected chi connectivity index (χ4v) is 3.48. The van der Waals surface area contributed by atoms with Crippen molar-refractivity contribution in [3.8, 4) is 5.75 Å². The summed E-state index contributed by atoms with van der Waals surface area (Å²) in [6, 6.07) is 2.47. The Balaban J connectivity index is 3.13. The van der Waals surface area contributed by atoms with Crippen LogP contribution in [0, 0.1) is 0 Å². The zero-order valence-corrected chi connectivity index (χ0v) is 14.6. The van der Waals surface area contributed by atoms with E-state index >= 15 is 0 Å². The topological polar surface area (TPSA) is 136 Å². The minimum atomic E-state index is -4.23. The Morgan fingerprint density at radius 2 is 2.08 bits per heavy atom. The van der Waals surface area contributed by atoms with Crippen molar-refractivity contribution in [1.82, 2.24) is 4.72 Å². The molecule has 0 saturated carbocycles. The summed E-state index contributed by atoms with van der Waals surface area (Å²) in [5.74, 6) is -2.22. The maximum Gasteiger partial charge on any atom is 0.321 e. The highest BCUT2D eigenvalue weighted by Gasteiger charge is 2.27. The molecule has 4 N–H and O–H groups in total. The first-order valence-electron chi connectivity index (χ1n) is 7.13. The summed E-state index contributed by atoms with van der Waals surface area (Å²) in [5.41, 5.74) is 4.97. The van der Waals surface area contributed by atoms with Gasteiger partial charge in [-0.15, -0.1) is 0 Å². The molecule has 0 bridgehead atoms. The largest absolute Gasteiger partial charge is 0.482 e. The number of sulfonamides is 1. The Labute approximate surface area is 145 Å². The van der Waals surface area contributed by atoms with E-state index in [1.165, 1.54) is 12.1 Å². The number of halogens is 1. The van der Waals surface area contributed by atoms with Gasteiger partial charge in [-0.25, -0.2) is 8.42 Å². The van der Waals surface area contributed by atoms with Crippen LogP contribution in [-0.2, 0) is 19.6 Å². The van der Waals surface area contributed by atoms with Gasteiger partial charge in [0.05, 0.1) is 0 Å². The Kier molecular flexibility index (Phi) is 7.46. The first kappa shape index (κ1) is 20.2. The van der Waals surface area contributed by atoms with E-state index < -0.39 is 34.5 Å². The number of benzene rings is 1. The maximum absolute atomic E-state index is 12.5. The summed E-state index contributed by atoms with van der Waals surface area (Å²) in [4.78, 5) is 21.7.